The van der Waals surface area contributed by atoms with Gasteiger partial charge in [0.15, 0.2) is 0 Å². The summed E-state index contributed by atoms with van der Waals surface area (Å²) in [6.07, 6.45) is 0.209. The van der Waals surface area contributed by atoms with E-state index in [1.165, 1.54) is 22.5 Å². The van der Waals surface area contributed by atoms with E-state index in [1.807, 2.05) is 48.9 Å². The summed E-state index contributed by atoms with van der Waals surface area (Å²) < 4.78 is 42.2. The second-order valence-electron chi connectivity index (χ2n) is 7.82. The molecule has 0 bridgehead atoms. The highest BCUT2D eigenvalue weighted by Crippen LogP contribution is 2.21. The Morgan fingerprint density at radius 3 is 2.34 bits per heavy atom. The van der Waals surface area contributed by atoms with E-state index in [-0.39, 0.29) is 43.4 Å². The Balaban J connectivity index is 1.43. The molecular formula is C23H25FN4O3S. The first-order valence-electron chi connectivity index (χ1n) is 10.4. The summed E-state index contributed by atoms with van der Waals surface area (Å²) in [4.78, 5) is 14.6. The molecule has 1 aliphatic rings. The first-order valence-corrected chi connectivity index (χ1v) is 11.9. The van der Waals surface area contributed by atoms with Crippen LogP contribution in [0.2, 0.25) is 0 Å². The number of nitrogens with zero attached hydrogens (tertiary/aromatic N) is 4. The van der Waals surface area contributed by atoms with Crippen LogP contribution in [0, 0.1) is 19.7 Å². The van der Waals surface area contributed by atoms with Gasteiger partial charge >= 0.3 is 0 Å². The van der Waals surface area contributed by atoms with Crippen molar-refractivity contribution >= 4 is 15.9 Å². The highest BCUT2D eigenvalue weighted by atomic mass is 32.2. The number of hydrogen-bond acceptors (Lipinski definition) is 4. The van der Waals surface area contributed by atoms with E-state index in [2.05, 4.69) is 5.10 Å². The summed E-state index contributed by atoms with van der Waals surface area (Å²) in [6, 6.07) is 14.7. The SMILES string of the molecule is Cc1nn(-c2ccccc2)c(C)c1CC(=O)N1CCN(S(=O)(=O)c2cccc(F)c2)CC1. The van der Waals surface area contributed by atoms with Gasteiger partial charge in [0.25, 0.3) is 0 Å². The highest BCUT2D eigenvalue weighted by molar-refractivity contribution is 7.89. The maximum Gasteiger partial charge on any atom is 0.243 e. The van der Waals surface area contributed by atoms with Crippen molar-refractivity contribution in [1.82, 2.24) is 19.0 Å². The van der Waals surface area contributed by atoms with Crippen molar-refractivity contribution in [1.29, 1.82) is 0 Å². The second kappa shape index (κ2) is 8.84. The lowest BCUT2D eigenvalue weighted by atomic mass is 10.1. The predicted molar refractivity (Wildman–Crippen MR) is 118 cm³/mol. The van der Waals surface area contributed by atoms with Gasteiger partial charge in [0.05, 0.1) is 22.7 Å². The van der Waals surface area contributed by atoms with Gasteiger partial charge < -0.3 is 4.90 Å². The summed E-state index contributed by atoms with van der Waals surface area (Å²) in [7, 11) is -3.79. The van der Waals surface area contributed by atoms with Crippen LogP contribution in [-0.4, -0.2) is 59.5 Å². The van der Waals surface area contributed by atoms with Gasteiger partial charge in [-0.15, -0.1) is 0 Å². The van der Waals surface area contributed by atoms with Gasteiger partial charge in [-0.3, -0.25) is 4.79 Å². The number of carbonyl (C=O) groups is 1. The molecule has 168 valence electrons. The molecule has 0 aliphatic carbocycles. The predicted octanol–water partition coefficient (Wildman–Crippen LogP) is 2.70. The molecule has 0 atom stereocenters. The number of aryl methyl sites for hydroxylation is 1. The number of benzene rings is 2. The van der Waals surface area contributed by atoms with Gasteiger partial charge in [0.2, 0.25) is 15.9 Å². The fourth-order valence-corrected chi connectivity index (χ4v) is 5.42. The standard InChI is InChI=1S/C23H25FN4O3S/c1-17-22(18(2)28(25-17)20-8-4-3-5-9-20)16-23(29)26-11-13-27(14-12-26)32(30,31)21-10-6-7-19(24)15-21/h3-10,15H,11-14,16H2,1-2H3. The first-order chi connectivity index (χ1) is 15.3. The largest absolute Gasteiger partial charge is 0.340 e. The van der Waals surface area contributed by atoms with Crippen LogP contribution in [0.5, 0.6) is 0 Å². The average Bonchev–Trinajstić information content (AvgIpc) is 3.08. The van der Waals surface area contributed by atoms with Gasteiger partial charge in [0, 0.05) is 37.4 Å². The Kier molecular flexibility index (Phi) is 6.12. The van der Waals surface area contributed by atoms with E-state index in [9.17, 15) is 17.6 Å². The van der Waals surface area contributed by atoms with E-state index in [0.717, 1.165) is 28.7 Å². The smallest absolute Gasteiger partial charge is 0.243 e. The van der Waals surface area contributed by atoms with E-state index >= 15 is 0 Å². The summed E-state index contributed by atoms with van der Waals surface area (Å²) >= 11 is 0. The molecule has 0 spiro atoms. The van der Waals surface area contributed by atoms with Crippen LogP contribution in [0.15, 0.2) is 59.5 Å². The fourth-order valence-electron chi connectivity index (χ4n) is 3.97. The monoisotopic (exact) mass is 456 g/mol. The van der Waals surface area contributed by atoms with Crippen LogP contribution in [0.3, 0.4) is 0 Å². The van der Waals surface area contributed by atoms with E-state index in [4.69, 9.17) is 0 Å². The number of aromatic nitrogens is 2. The third-order valence-corrected chi connectivity index (χ3v) is 7.69. The lowest BCUT2D eigenvalue weighted by Gasteiger charge is -2.34. The van der Waals surface area contributed by atoms with Crippen LogP contribution >= 0.6 is 0 Å². The molecule has 4 rings (SSSR count). The molecule has 3 aromatic rings. The number of amides is 1. The van der Waals surface area contributed by atoms with Crippen LogP contribution < -0.4 is 0 Å². The molecule has 2 aromatic carbocycles. The fraction of sp³-hybridized carbons (Fsp3) is 0.304. The summed E-state index contributed by atoms with van der Waals surface area (Å²) in [6.45, 7) is 4.76. The van der Waals surface area contributed by atoms with Gasteiger partial charge in [-0.1, -0.05) is 24.3 Å². The lowest BCUT2D eigenvalue weighted by molar-refractivity contribution is -0.131. The maximum absolute atomic E-state index is 13.5. The number of hydrogen-bond donors (Lipinski definition) is 0. The molecule has 0 saturated carbocycles. The zero-order chi connectivity index (χ0) is 22.9. The Labute approximate surface area is 187 Å². The van der Waals surface area contributed by atoms with Crippen molar-refractivity contribution < 1.29 is 17.6 Å². The Morgan fingerprint density at radius 1 is 1.00 bits per heavy atom. The highest BCUT2D eigenvalue weighted by Gasteiger charge is 2.31. The Morgan fingerprint density at radius 2 is 1.69 bits per heavy atom. The first kappa shape index (κ1) is 22.2. The second-order valence-corrected chi connectivity index (χ2v) is 9.75. The minimum absolute atomic E-state index is 0.0633. The molecule has 32 heavy (non-hydrogen) atoms. The van der Waals surface area contributed by atoms with Crippen LogP contribution in [0.25, 0.3) is 5.69 Å². The number of para-hydroxylation sites is 1. The maximum atomic E-state index is 13.5. The summed E-state index contributed by atoms with van der Waals surface area (Å²) in [5, 5.41) is 4.59. The van der Waals surface area contributed by atoms with E-state index in [1.54, 1.807) is 4.90 Å². The van der Waals surface area contributed by atoms with Crippen molar-refractivity contribution in [3.63, 3.8) is 0 Å². The molecule has 1 aliphatic heterocycles. The molecule has 1 saturated heterocycles. The quantitative estimate of drug-likeness (QED) is 0.592. The molecule has 9 heteroatoms. The van der Waals surface area contributed by atoms with Crippen molar-refractivity contribution in [3.8, 4) is 5.69 Å². The zero-order valence-electron chi connectivity index (χ0n) is 18.0. The van der Waals surface area contributed by atoms with Crippen molar-refractivity contribution in [3.05, 3.63) is 77.4 Å². The Hall–Kier alpha value is -3.04. The van der Waals surface area contributed by atoms with Crippen molar-refractivity contribution in [2.24, 2.45) is 0 Å². The lowest BCUT2D eigenvalue weighted by Crippen LogP contribution is -2.50. The molecule has 1 fully saturated rings. The third-order valence-electron chi connectivity index (χ3n) is 5.80. The third kappa shape index (κ3) is 4.31. The van der Waals surface area contributed by atoms with E-state index in [0.29, 0.717) is 0 Å². The average molecular weight is 457 g/mol. The number of rotatable bonds is 5. The Bertz CT molecular complexity index is 1230. The minimum atomic E-state index is -3.79. The van der Waals surface area contributed by atoms with Crippen molar-refractivity contribution in [2.75, 3.05) is 26.2 Å². The van der Waals surface area contributed by atoms with Gasteiger partial charge in [-0.25, -0.2) is 17.5 Å². The van der Waals surface area contributed by atoms with Crippen LogP contribution in [0.4, 0.5) is 4.39 Å². The molecule has 1 aromatic heterocycles. The number of piperazine rings is 1. The number of carbonyl (C=O) groups excluding carboxylic acids is 1. The topological polar surface area (TPSA) is 75.5 Å². The number of sulfonamides is 1. The summed E-state index contributed by atoms with van der Waals surface area (Å²) in [5.74, 6) is -0.659. The zero-order valence-corrected chi connectivity index (χ0v) is 18.8. The summed E-state index contributed by atoms with van der Waals surface area (Å²) in [5.41, 5.74) is 3.53. The minimum Gasteiger partial charge on any atom is -0.340 e. The molecule has 0 unspecified atom stereocenters. The molecule has 7 nitrogen and oxygen atoms in total. The molecule has 1 amide bonds. The number of halogens is 1. The molecule has 0 N–H and O–H groups in total. The van der Waals surface area contributed by atoms with Gasteiger partial charge in [-0.2, -0.15) is 9.40 Å². The van der Waals surface area contributed by atoms with Crippen LogP contribution in [-0.2, 0) is 21.2 Å². The molecular weight excluding hydrogens is 431 g/mol. The molecule has 0 radical (unpaired) electrons. The van der Waals surface area contributed by atoms with Gasteiger partial charge in [0.1, 0.15) is 5.82 Å². The normalized spacial score (nSPS) is 15.2. The molecule has 2 heterocycles. The van der Waals surface area contributed by atoms with Gasteiger partial charge in [-0.05, 0) is 44.2 Å². The van der Waals surface area contributed by atoms with E-state index < -0.39 is 15.8 Å². The van der Waals surface area contributed by atoms with Crippen molar-refractivity contribution in [2.45, 2.75) is 25.2 Å². The van der Waals surface area contributed by atoms with Crippen LogP contribution in [0.1, 0.15) is 17.0 Å².